The molecule has 0 amide bonds. The van der Waals surface area contributed by atoms with Crippen molar-refractivity contribution >= 4 is 15.9 Å². The van der Waals surface area contributed by atoms with Gasteiger partial charge in [-0.05, 0) is 52.0 Å². The van der Waals surface area contributed by atoms with Crippen molar-refractivity contribution in [2.75, 3.05) is 7.11 Å². The van der Waals surface area contributed by atoms with Gasteiger partial charge in [0.2, 0.25) is 0 Å². The summed E-state index contributed by atoms with van der Waals surface area (Å²) in [4.78, 5) is 0. The molecule has 1 saturated carbocycles. The molecule has 140 valence electrons. The first-order chi connectivity index (χ1) is 12.8. The van der Waals surface area contributed by atoms with Gasteiger partial charge in [-0.1, -0.05) is 56.0 Å². The van der Waals surface area contributed by atoms with Crippen LogP contribution in [0.4, 0.5) is 0 Å². The zero-order valence-corrected chi connectivity index (χ0v) is 17.1. The first kappa shape index (κ1) is 19.2. The van der Waals surface area contributed by atoms with Crippen LogP contribution in [0.5, 0.6) is 11.5 Å². The lowest BCUT2D eigenvalue weighted by atomic mass is 10.1. The van der Waals surface area contributed by atoms with Gasteiger partial charge in [0.1, 0.15) is 6.61 Å². The van der Waals surface area contributed by atoms with Crippen LogP contribution in [0.15, 0.2) is 46.9 Å². The highest BCUT2D eigenvalue weighted by Crippen LogP contribution is 2.37. The van der Waals surface area contributed by atoms with Crippen LogP contribution in [0, 0.1) is 0 Å². The third-order valence-corrected chi connectivity index (χ3v) is 5.55. The molecule has 4 heteroatoms. The number of benzene rings is 2. The van der Waals surface area contributed by atoms with Gasteiger partial charge in [-0.15, -0.1) is 0 Å². The molecule has 0 heterocycles. The van der Waals surface area contributed by atoms with Crippen LogP contribution in [-0.2, 0) is 13.2 Å². The summed E-state index contributed by atoms with van der Waals surface area (Å²) < 4.78 is 12.5. The molecular formula is C22H28BrNO2. The molecule has 2 aromatic rings. The Bertz CT molecular complexity index is 682. The van der Waals surface area contributed by atoms with Gasteiger partial charge in [0.05, 0.1) is 11.6 Å². The van der Waals surface area contributed by atoms with Crippen LogP contribution in [0.3, 0.4) is 0 Å². The molecule has 1 aliphatic rings. The lowest BCUT2D eigenvalue weighted by Gasteiger charge is -2.18. The third kappa shape index (κ3) is 5.49. The molecule has 0 aliphatic heterocycles. The van der Waals surface area contributed by atoms with Crippen molar-refractivity contribution in [1.29, 1.82) is 0 Å². The second-order valence-corrected chi connectivity index (χ2v) is 7.81. The molecule has 0 spiro atoms. The van der Waals surface area contributed by atoms with E-state index in [4.69, 9.17) is 9.47 Å². The maximum Gasteiger partial charge on any atom is 0.175 e. The fraction of sp³-hybridized carbons (Fsp3) is 0.455. The van der Waals surface area contributed by atoms with E-state index in [1.165, 1.54) is 44.1 Å². The third-order valence-electron chi connectivity index (χ3n) is 4.97. The molecular weight excluding hydrogens is 390 g/mol. The predicted molar refractivity (Wildman–Crippen MR) is 110 cm³/mol. The highest BCUT2D eigenvalue weighted by molar-refractivity contribution is 9.10. The van der Waals surface area contributed by atoms with E-state index < -0.39 is 0 Å². The van der Waals surface area contributed by atoms with Crippen LogP contribution in [0.25, 0.3) is 0 Å². The van der Waals surface area contributed by atoms with Crippen molar-refractivity contribution in [3.63, 3.8) is 0 Å². The second kappa shape index (κ2) is 9.98. The molecule has 0 atom stereocenters. The van der Waals surface area contributed by atoms with Crippen molar-refractivity contribution < 1.29 is 9.47 Å². The Balaban J connectivity index is 1.64. The van der Waals surface area contributed by atoms with Crippen LogP contribution in [-0.4, -0.2) is 13.2 Å². The first-order valence-corrected chi connectivity index (χ1v) is 10.3. The van der Waals surface area contributed by atoms with E-state index in [9.17, 15) is 0 Å². The van der Waals surface area contributed by atoms with E-state index >= 15 is 0 Å². The summed E-state index contributed by atoms with van der Waals surface area (Å²) >= 11 is 3.66. The Labute approximate surface area is 165 Å². The van der Waals surface area contributed by atoms with Gasteiger partial charge in [0, 0.05) is 12.6 Å². The van der Waals surface area contributed by atoms with Gasteiger partial charge in [-0.25, -0.2) is 0 Å². The van der Waals surface area contributed by atoms with Crippen molar-refractivity contribution in [3.05, 3.63) is 58.1 Å². The van der Waals surface area contributed by atoms with E-state index in [1.807, 2.05) is 18.2 Å². The summed E-state index contributed by atoms with van der Waals surface area (Å²) in [5, 5.41) is 3.72. The first-order valence-electron chi connectivity index (χ1n) is 9.53. The minimum Gasteiger partial charge on any atom is -0.493 e. The highest BCUT2D eigenvalue weighted by atomic mass is 79.9. The number of hydrogen-bond acceptors (Lipinski definition) is 3. The minimum atomic E-state index is 0.523. The molecule has 2 aromatic carbocycles. The fourth-order valence-corrected chi connectivity index (χ4v) is 4.09. The van der Waals surface area contributed by atoms with Gasteiger partial charge in [0.25, 0.3) is 0 Å². The molecule has 1 N–H and O–H groups in total. The zero-order chi connectivity index (χ0) is 18.2. The van der Waals surface area contributed by atoms with Gasteiger partial charge >= 0.3 is 0 Å². The lowest BCUT2D eigenvalue weighted by Crippen LogP contribution is -2.27. The summed E-state index contributed by atoms with van der Waals surface area (Å²) in [6.07, 6.45) is 8.02. The Kier molecular flexibility index (Phi) is 7.39. The maximum absolute atomic E-state index is 6.02. The molecule has 0 unspecified atom stereocenters. The second-order valence-electron chi connectivity index (χ2n) is 6.95. The van der Waals surface area contributed by atoms with Gasteiger partial charge < -0.3 is 14.8 Å². The summed E-state index contributed by atoms with van der Waals surface area (Å²) in [7, 11) is 1.69. The summed E-state index contributed by atoms with van der Waals surface area (Å²) in [6.45, 7) is 1.38. The molecule has 26 heavy (non-hydrogen) atoms. The van der Waals surface area contributed by atoms with Gasteiger partial charge in [0.15, 0.2) is 11.5 Å². The van der Waals surface area contributed by atoms with Crippen LogP contribution >= 0.6 is 15.9 Å². The van der Waals surface area contributed by atoms with Gasteiger partial charge in [-0.2, -0.15) is 0 Å². The molecule has 0 bridgehead atoms. The van der Waals surface area contributed by atoms with Crippen LogP contribution in [0.1, 0.15) is 49.7 Å². The summed E-state index contributed by atoms with van der Waals surface area (Å²) in [5.74, 6) is 1.53. The average molecular weight is 418 g/mol. The quantitative estimate of drug-likeness (QED) is 0.573. The number of ether oxygens (including phenoxy) is 2. The van der Waals surface area contributed by atoms with E-state index in [-0.39, 0.29) is 0 Å². The highest BCUT2D eigenvalue weighted by Gasteiger charge is 2.15. The molecule has 0 saturated heterocycles. The number of halogens is 1. The van der Waals surface area contributed by atoms with Gasteiger partial charge in [-0.3, -0.25) is 0 Å². The number of nitrogens with one attached hydrogen (secondary N) is 1. The Morgan fingerprint density at radius 1 is 1.00 bits per heavy atom. The number of methoxy groups -OCH3 is 1. The van der Waals surface area contributed by atoms with Crippen molar-refractivity contribution in [3.8, 4) is 11.5 Å². The molecule has 3 nitrogen and oxygen atoms in total. The Morgan fingerprint density at radius 2 is 1.73 bits per heavy atom. The normalized spacial score (nSPS) is 15.5. The van der Waals surface area contributed by atoms with E-state index in [2.05, 4.69) is 45.5 Å². The molecule has 0 aromatic heterocycles. The fourth-order valence-electron chi connectivity index (χ4n) is 3.49. The number of hydrogen-bond donors (Lipinski definition) is 1. The van der Waals surface area contributed by atoms with E-state index in [0.29, 0.717) is 12.6 Å². The summed E-state index contributed by atoms with van der Waals surface area (Å²) in [6, 6.07) is 15.0. The predicted octanol–water partition coefficient (Wildman–Crippen LogP) is 5.85. The topological polar surface area (TPSA) is 30.5 Å². The Hall–Kier alpha value is -1.52. The van der Waals surface area contributed by atoms with Crippen molar-refractivity contribution in [1.82, 2.24) is 5.32 Å². The molecule has 3 rings (SSSR count). The minimum absolute atomic E-state index is 0.523. The Morgan fingerprint density at radius 3 is 2.42 bits per heavy atom. The standard InChI is InChI=1S/C22H28BrNO2/c1-25-21-14-18(15-24-19-11-7-2-3-8-12-19)13-20(23)22(21)26-16-17-9-5-4-6-10-17/h4-6,9-10,13-14,19,24H,2-3,7-8,11-12,15-16H2,1H3. The summed E-state index contributed by atoms with van der Waals surface area (Å²) in [5.41, 5.74) is 2.35. The zero-order valence-electron chi connectivity index (χ0n) is 15.5. The molecule has 0 radical (unpaired) electrons. The average Bonchev–Trinajstić information content (AvgIpc) is 2.94. The lowest BCUT2D eigenvalue weighted by molar-refractivity contribution is 0.282. The molecule has 1 aliphatic carbocycles. The largest absolute Gasteiger partial charge is 0.493 e. The van der Waals surface area contributed by atoms with Crippen molar-refractivity contribution in [2.24, 2.45) is 0 Å². The number of rotatable bonds is 7. The van der Waals surface area contributed by atoms with Crippen LogP contribution in [0.2, 0.25) is 0 Å². The van der Waals surface area contributed by atoms with Crippen molar-refractivity contribution in [2.45, 2.75) is 57.7 Å². The SMILES string of the molecule is COc1cc(CNC2CCCCCC2)cc(Br)c1OCc1ccccc1. The van der Waals surface area contributed by atoms with Crippen LogP contribution < -0.4 is 14.8 Å². The molecule has 1 fully saturated rings. The van der Waals surface area contributed by atoms with E-state index in [0.717, 1.165) is 28.1 Å². The monoisotopic (exact) mass is 417 g/mol. The van der Waals surface area contributed by atoms with E-state index in [1.54, 1.807) is 7.11 Å². The smallest absolute Gasteiger partial charge is 0.175 e. The maximum atomic E-state index is 6.02.